The summed E-state index contributed by atoms with van der Waals surface area (Å²) in [6.45, 7) is 0. The summed E-state index contributed by atoms with van der Waals surface area (Å²) in [6.07, 6.45) is 0. The molecule has 1 amide bonds. The van der Waals surface area contributed by atoms with Gasteiger partial charge in [-0.15, -0.1) is 0 Å². The molecule has 0 aliphatic rings. The highest BCUT2D eigenvalue weighted by Gasteiger charge is 2.19. The van der Waals surface area contributed by atoms with Gasteiger partial charge in [-0.05, 0) is 12.1 Å². The number of hydrazine groups is 1. The van der Waals surface area contributed by atoms with E-state index in [1.807, 2.05) is 0 Å². The molecule has 1 aromatic carbocycles. The van der Waals surface area contributed by atoms with Crippen LogP contribution in [0.15, 0.2) is 12.1 Å². The van der Waals surface area contributed by atoms with E-state index in [9.17, 15) is 9.59 Å². The van der Waals surface area contributed by atoms with Crippen LogP contribution in [0.1, 0.15) is 0 Å². The molecule has 0 spiro atoms. The van der Waals surface area contributed by atoms with Crippen molar-refractivity contribution < 1.29 is 14.3 Å². The molecule has 8 heteroatoms. The maximum atomic E-state index is 11.1. The first kappa shape index (κ1) is 13.1. The number of hydrogen-bond acceptors (Lipinski definition) is 4. The minimum atomic E-state index is -1.23. The molecule has 16 heavy (non-hydrogen) atoms. The summed E-state index contributed by atoms with van der Waals surface area (Å²) in [6, 6.07) is 2.63. The number of amides is 1. The molecule has 0 aromatic heterocycles. The van der Waals surface area contributed by atoms with Gasteiger partial charge < -0.3 is 4.74 Å². The van der Waals surface area contributed by atoms with Gasteiger partial charge in [0.05, 0.1) is 10.0 Å². The summed E-state index contributed by atoms with van der Waals surface area (Å²) in [5, 5.41) is 0.296. The quantitative estimate of drug-likeness (QED) is 0.205. The molecule has 0 aliphatic carbocycles. The summed E-state index contributed by atoms with van der Waals surface area (Å²) >= 11 is 17.1. The van der Waals surface area contributed by atoms with E-state index in [1.165, 1.54) is 12.1 Å². The van der Waals surface area contributed by atoms with Crippen molar-refractivity contribution >= 4 is 46.7 Å². The number of carbonyl (C=O) groups excluding carboxylic acids is 2. The van der Waals surface area contributed by atoms with Crippen molar-refractivity contribution in [3.05, 3.63) is 27.2 Å². The molecule has 0 atom stereocenters. The van der Waals surface area contributed by atoms with Crippen LogP contribution < -0.4 is 16.0 Å². The molecular weight excluding hydrogens is 278 g/mol. The Morgan fingerprint density at radius 3 is 2.12 bits per heavy atom. The van der Waals surface area contributed by atoms with E-state index in [0.29, 0.717) is 0 Å². The third-order valence-corrected chi connectivity index (χ3v) is 2.25. The highest BCUT2D eigenvalue weighted by atomic mass is 35.5. The Morgan fingerprint density at radius 2 is 1.69 bits per heavy atom. The van der Waals surface area contributed by atoms with Crippen LogP contribution in [0, 0.1) is 0 Å². The molecule has 1 aromatic rings. The van der Waals surface area contributed by atoms with Gasteiger partial charge in [0.25, 0.3) is 0 Å². The van der Waals surface area contributed by atoms with Crippen molar-refractivity contribution in [2.45, 2.75) is 0 Å². The second kappa shape index (κ2) is 5.36. The molecule has 3 N–H and O–H groups in total. The van der Waals surface area contributed by atoms with E-state index >= 15 is 0 Å². The second-order valence-corrected chi connectivity index (χ2v) is 3.81. The minimum Gasteiger partial charge on any atom is -0.416 e. The van der Waals surface area contributed by atoms with Gasteiger partial charge in [-0.1, -0.05) is 34.8 Å². The lowest BCUT2D eigenvalue weighted by atomic mass is 10.3. The fraction of sp³-hybridized carbons (Fsp3) is 0. The summed E-state index contributed by atoms with van der Waals surface area (Å²) in [5.41, 5.74) is 1.61. The first-order valence-corrected chi connectivity index (χ1v) is 4.96. The number of hydrogen-bond donors (Lipinski definition) is 2. The van der Waals surface area contributed by atoms with E-state index in [4.69, 9.17) is 40.6 Å². The van der Waals surface area contributed by atoms with Crippen LogP contribution in [0.25, 0.3) is 0 Å². The zero-order chi connectivity index (χ0) is 12.3. The maximum absolute atomic E-state index is 11.1. The highest BCUT2D eigenvalue weighted by molar-refractivity contribution is 6.41. The van der Waals surface area contributed by atoms with Gasteiger partial charge in [0.15, 0.2) is 5.75 Å². The first-order chi connectivity index (χ1) is 7.45. The average molecular weight is 283 g/mol. The maximum Gasteiger partial charge on any atom is 0.403 e. The average Bonchev–Trinajstić information content (AvgIpc) is 2.21. The Kier molecular flexibility index (Phi) is 4.37. The zero-order valence-electron chi connectivity index (χ0n) is 7.59. The first-order valence-electron chi connectivity index (χ1n) is 3.83. The topological polar surface area (TPSA) is 81.4 Å². The Labute approximate surface area is 105 Å². The van der Waals surface area contributed by atoms with E-state index in [0.717, 1.165) is 0 Å². The molecule has 5 nitrogen and oxygen atoms in total. The summed E-state index contributed by atoms with van der Waals surface area (Å²) < 4.78 is 4.63. The van der Waals surface area contributed by atoms with Gasteiger partial charge in [-0.3, -0.25) is 10.2 Å². The van der Waals surface area contributed by atoms with Crippen LogP contribution in [0.2, 0.25) is 15.1 Å². The number of benzene rings is 1. The Bertz CT molecular complexity index is 427. The fourth-order valence-corrected chi connectivity index (χ4v) is 1.72. The lowest BCUT2D eigenvalue weighted by molar-refractivity contribution is -0.148. The lowest BCUT2D eigenvalue weighted by Crippen LogP contribution is -2.38. The van der Waals surface area contributed by atoms with Crippen molar-refractivity contribution in [2.75, 3.05) is 0 Å². The number of nitrogens with two attached hydrogens (primary N) is 1. The van der Waals surface area contributed by atoms with E-state index < -0.39 is 11.9 Å². The highest BCUT2D eigenvalue weighted by Crippen LogP contribution is 2.35. The van der Waals surface area contributed by atoms with Gasteiger partial charge in [-0.25, -0.2) is 10.6 Å². The number of esters is 1. The standard InChI is InChI=1S/C8H5Cl3N2O3/c9-3-1-4(10)6(5(11)2-3)16-8(15)7(14)13-12/h1-2H,12H2,(H,13,14). The molecule has 0 aliphatic heterocycles. The molecule has 0 bridgehead atoms. The fourth-order valence-electron chi connectivity index (χ4n) is 0.824. The van der Waals surface area contributed by atoms with Crippen molar-refractivity contribution in [3.8, 4) is 5.75 Å². The largest absolute Gasteiger partial charge is 0.416 e. The zero-order valence-corrected chi connectivity index (χ0v) is 9.86. The molecule has 0 heterocycles. The van der Waals surface area contributed by atoms with Crippen molar-refractivity contribution in [1.82, 2.24) is 5.43 Å². The monoisotopic (exact) mass is 282 g/mol. The van der Waals surface area contributed by atoms with Gasteiger partial charge >= 0.3 is 11.9 Å². The van der Waals surface area contributed by atoms with Crippen LogP contribution >= 0.6 is 34.8 Å². The number of rotatable bonds is 1. The van der Waals surface area contributed by atoms with Crippen LogP contribution in [0.3, 0.4) is 0 Å². The Balaban J connectivity index is 2.98. The van der Waals surface area contributed by atoms with Crippen molar-refractivity contribution in [1.29, 1.82) is 0 Å². The van der Waals surface area contributed by atoms with E-state index in [-0.39, 0.29) is 20.8 Å². The van der Waals surface area contributed by atoms with Crippen LogP contribution in [0.4, 0.5) is 0 Å². The molecule has 0 radical (unpaired) electrons. The van der Waals surface area contributed by atoms with Gasteiger partial charge in [-0.2, -0.15) is 0 Å². The van der Waals surface area contributed by atoms with Gasteiger partial charge in [0, 0.05) is 5.02 Å². The van der Waals surface area contributed by atoms with E-state index in [2.05, 4.69) is 4.74 Å². The molecule has 86 valence electrons. The summed E-state index contributed by atoms with van der Waals surface area (Å²) in [5.74, 6) is 2.24. The van der Waals surface area contributed by atoms with E-state index in [1.54, 1.807) is 5.43 Å². The number of carbonyl (C=O) groups is 2. The Morgan fingerprint density at radius 1 is 1.19 bits per heavy atom. The normalized spacial score (nSPS) is 9.75. The van der Waals surface area contributed by atoms with Crippen molar-refractivity contribution in [3.63, 3.8) is 0 Å². The third kappa shape index (κ3) is 2.99. The van der Waals surface area contributed by atoms with Crippen molar-refractivity contribution in [2.24, 2.45) is 5.84 Å². The number of halogens is 3. The predicted molar refractivity (Wildman–Crippen MR) is 59.4 cm³/mol. The molecular formula is C8H5Cl3N2O3. The van der Waals surface area contributed by atoms with Crippen LogP contribution in [-0.4, -0.2) is 11.9 Å². The van der Waals surface area contributed by atoms with Crippen LogP contribution in [0.5, 0.6) is 5.75 Å². The molecule has 1 rings (SSSR count). The third-order valence-electron chi connectivity index (χ3n) is 1.47. The minimum absolute atomic E-state index is 0.00988. The second-order valence-electron chi connectivity index (χ2n) is 2.56. The molecule has 0 unspecified atom stereocenters. The number of nitrogens with one attached hydrogen (secondary N) is 1. The smallest absolute Gasteiger partial charge is 0.403 e. The van der Waals surface area contributed by atoms with Crippen LogP contribution in [-0.2, 0) is 9.59 Å². The van der Waals surface area contributed by atoms with Gasteiger partial charge in [0.1, 0.15) is 0 Å². The molecule has 0 saturated carbocycles. The molecule has 0 fully saturated rings. The lowest BCUT2D eigenvalue weighted by Gasteiger charge is -2.07. The summed E-state index contributed by atoms with van der Waals surface area (Å²) in [7, 11) is 0. The molecule has 0 saturated heterocycles. The Hall–Kier alpha value is -1.01. The summed E-state index contributed by atoms with van der Waals surface area (Å²) in [4.78, 5) is 21.9. The SMILES string of the molecule is NNC(=O)C(=O)Oc1c(Cl)cc(Cl)cc1Cl. The predicted octanol–water partition coefficient (Wildman–Crippen LogP) is 1.54. The number of ether oxygens (including phenoxy) is 1. The van der Waals surface area contributed by atoms with Gasteiger partial charge in [0.2, 0.25) is 0 Å².